The second-order valence-electron chi connectivity index (χ2n) is 7.15. The van der Waals surface area contributed by atoms with E-state index in [-0.39, 0.29) is 17.9 Å². The highest BCUT2D eigenvalue weighted by atomic mass is 16.4. The van der Waals surface area contributed by atoms with Crippen LogP contribution in [-0.2, 0) is 16.6 Å². The number of hydrogen-bond donors (Lipinski definition) is 1. The van der Waals surface area contributed by atoms with Crippen molar-refractivity contribution in [2.45, 2.75) is 57.9 Å². The molecular formula is C18H27NO2. The van der Waals surface area contributed by atoms with Gasteiger partial charge in [0, 0.05) is 6.04 Å². The second kappa shape index (κ2) is 6.61. The maximum absolute atomic E-state index is 11.1. The zero-order valence-corrected chi connectivity index (χ0v) is 13.4. The lowest BCUT2D eigenvalue weighted by Gasteiger charge is -2.26. The van der Waals surface area contributed by atoms with Crippen molar-refractivity contribution in [1.82, 2.24) is 4.90 Å². The Morgan fingerprint density at radius 2 is 1.76 bits per heavy atom. The van der Waals surface area contributed by atoms with Crippen LogP contribution in [-0.4, -0.2) is 35.1 Å². The molecule has 0 aromatic heterocycles. The summed E-state index contributed by atoms with van der Waals surface area (Å²) >= 11 is 0. The van der Waals surface area contributed by atoms with Gasteiger partial charge in [0.1, 0.15) is 0 Å². The number of rotatable bonds is 5. The zero-order chi connectivity index (χ0) is 15.5. The van der Waals surface area contributed by atoms with Crippen LogP contribution in [0.5, 0.6) is 0 Å². The predicted octanol–water partition coefficient (Wildman–Crippen LogP) is 3.47. The highest BCUT2D eigenvalue weighted by molar-refractivity contribution is 5.67. The Morgan fingerprint density at radius 1 is 1.19 bits per heavy atom. The molecule has 0 radical (unpaired) electrons. The second-order valence-corrected chi connectivity index (χ2v) is 7.15. The van der Waals surface area contributed by atoms with Crippen LogP contribution >= 0.6 is 0 Å². The van der Waals surface area contributed by atoms with E-state index in [1.807, 2.05) is 0 Å². The van der Waals surface area contributed by atoms with Gasteiger partial charge in [-0.2, -0.15) is 0 Å². The van der Waals surface area contributed by atoms with Crippen molar-refractivity contribution in [2.75, 3.05) is 13.1 Å². The van der Waals surface area contributed by atoms with E-state index < -0.39 is 5.97 Å². The third-order valence-electron chi connectivity index (χ3n) is 4.36. The molecule has 0 spiro atoms. The maximum atomic E-state index is 11.1. The van der Waals surface area contributed by atoms with Gasteiger partial charge >= 0.3 is 5.97 Å². The summed E-state index contributed by atoms with van der Waals surface area (Å²) in [5, 5.41) is 9.15. The van der Waals surface area contributed by atoms with E-state index in [0.717, 1.165) is 19.5 Å². The molecular weight excluding hydrogens is 262 g/mol. The van der Waals surface area contributed by atoms with Crippen molar-refractivity contribution >= 4 is 5.97 Å². The Morgan fingerprint density at radius 3 is 2.24 bits per heavy atom. The molecule has 1 aliphatic rings. The van der Waals surface area contributed by atoms with E-state index in [1.54, 1.807) is 0 Å². The Balaban J connectivity index is 2.07. The molecule has 0 saturated carbocycles. The van der Waals surface area contributed by atoms with Gasteiger partial charge in [0.05, 0.1) is 6.42 Å². The minimum Gasteiger partial charge on any atom is -0.481 e. The van der Waals surface area contributed by atoms with Gasteiger partial charge in [0.25, 0.3) is 0 Å². The van der Waals surface area contributed by atoms with Crippen molar-refractivity contribution < 1.29 is 9.90 Å². The van der Waals surface area contributed by atoms with Crippen LogP contribution < -0.4 is 0 Å². The van der Waals surface area contributed by atoms with E-state index in [4.69, 9.17) is 5.11 Å². The fourth-order valence-electron chi connectivity index (χ4n) is 3.05. The van der Waals surface area contributed by atoms with Crippen molar-refractivity contribution in [3.63, 3.8) is 0 Å². The van der Waals surface area contributed by atoms with Crippen LogP contribution in [0.15, 0.2) is 24.3 Å². The lowest BCUT2D eigenvalue weighted by Crippen LogP contribution is -2.36. The first-order valence-corrected chi connectivity index (χ1v) is 7.91. The van der Waals surface area contributed by atoms with E-state index in [1.165, 1.54) is 24.0 Å². The minimum absolute atomic E-state index is 0.130. The molecule has 21 heavy (non-hydrogen) atoms. The Kier molecular flexibility index (Phi) is 5.04. The number of aliphatic carboxylic acids is 1. The average molecular weight is 289 g/mol. The standard InChI is InChI=1S/C18H27NO2/c1-18(2,3)15-8-6-14(7-9-15)12-16(13-17(20)21)19-10-4-5-11-19/h6-9,16H,4-5,10-13H2,1-3H3,(H,20,21). The summed E-state index contributed by atoms with van der Waals surface area (Å²) in [6, 6.07) is 8.80. The van der Waals surface area contributed by atoms with Gasteiger partial charge in [-0.15, -0.1) is 0 Å². The Labute approximate surface area is 128 Å². The quantitative estimate of drug-likeness (QED) is 0.902. The molecule has 3 heteroatoms. The summed E-state index contributed by atoms with van der Waals surface area (Å²) < 4.78 is 0. The number of carboxylic acid groups (broad SMARTS) is 1. The Hall–Kier alpha value is -1.35. The first-order valence-electron chi connectivity index (χ1n) is 7.91. The van der Waals surface area contributed by atoms with Gasteiger partial charge in [-0.3, -0.25) is 9.69 Å². The molecule has 0 aliphatic carbocycles. The maximum Gasteiger partial charge on any atom is 0.304 e. The van der Waals surface area contributed by atoms with E-state index in [0.29, 0.717) is 0 Å². The molecule has 1 unspecified atom stereocenters. The van der Waals surface area contributed by atoms with Gasteiger partial charge in [-0.1, -0.05) is 45.0 Å². The summed E-state index contributed by atoms with van der Waals surface area (Å²) in [5.74, 6) is -0.696. The first-order chi connectivity index (χ1) is 9.86. The summed E-state index contributed by atoms with van der Waals surface area (Å²) in [6.45, 7) is 8.70. The topological polar surface area (TPSA) is 40.5 Å². The molecule has 0 bridgehead atoms. The average Bonchev–Trinajstić information content (AvgIpc) is 2.90. The summed E-state index contributed by atoms with van der Waals surface area (Å²) in [5.41, 5.74) is 2.72. The molecule has 1 atom stereocenters. The van der Waals surface area contributed by atoms with E-state index in [2.05, 4.69) is 49.9 Å². The molecule has 1 aliphatic heterocycles. The molecule has 1 aromatic carbocycles. The van der Waals surface area contributed by atoms with Crippen LogP contribution in [0.1, 0.15) is 51.2 Å². The summed E-state index contributed by atoms with van der Waals surface area (Å²) in [6.07, 6.45) is 3.45. The number of nitrogens with zero attached hydrogens (tertiary/aromatic N) is 1. The highest BCUT2D eigenvalue weighted by Crippen LogP contribution is 2.24. The smallest absolute Gasteiger partial charge is 0.304 e. The SMILES string of the molecule is CC(C)(C)c1ccc(CC(CC(=O)O)N2CCCC2)cc1. The van der Waals surface area contributed by atoms with Crippen LogP contribution in [0, 0.1) is 0 Å². The molecule has 0 amide bonds. The van der Waals surface area contributed by atoms with E-state index in [9.17, 15) is 4.79 Å². The number of carboxylic acids is 1. The van der Waals surface area contributed by atoms with Crippen LogP contribution in [0.2, 0.25) is 0 Å². The number of likely N-dealkylation sites (tertiary alicyclic amines) is 1. The van der Waals surface area contributed by atoms with Crippen LogP contribution in [0.3, 0.4) is 0 Å². The van der Waals surface area contributed by atoms with Crippen molar-refractivity contribution in [2.24, 2.45) is 0 Å². The van der Waals surface area contributed by atoms with Crippen molar-refractivity contribution in [3.8, 4) is 0 Å². The molecule has 1 N–H and O–H groups in total. The normalized spacial score (nSPS) is 17.9. The van der Waals surface area contributed by atoms with E-state index >= 15 is 0 Å². The minimum atomic E-state index is -0.696. The molecule has 1 saturated heterocycles. The molecule has 3 nitrogen and oxygen atoms in total. The zero-order valence-electron chi connectivity index (χ0n) is 13.4. The summed E-state index contributed by atoms with van der Waals surface area (Å²) in [7, 11) is 0. The Bertz CT molecular complexity index is 467. The van der Waals surface area contributed by atoms with Gasteiger partial charge in [-0.25, -0.2) is 0 Å². The lowest BCUT2D eigenvalue weighted by molar-refractivity contribution is -0.138. The van der Waals surface area contributed by atoms with Gasteiger partial charge in [0.15, 0.2) is 0 Å². The first kappa shape index (κ1) is 16.0. The third kappa shape index (κ3) is 4.57. The van der Waals surface area contributed by atoms with Crippen molar-refractivity contribution in [3.05, 3.63) is 35.4 Å². The molecule has 116 valence electrons. The molecule has 1 aromatic rings. The molecule has 1 heterocycles. The highest BCUT2D eigenvalue weighted by Gasteiger charge is 2.24. The number of hydrogen-bond acceptors (Lipinski definition) is 2. The summed E-state index contributed by atoms with van der Waals surface area (Å²) in [4.78, 5) is 13.5. The lowest BCUT2D eigenvalue weighted by atomic mass is 9.86. The largest absolute Gasteiger partial charge is 0.481 e. The van der Waals surface area contributed by atoms with Gasteiger partial charge < -0.3 is 5.11 Å². The van der Waals surface area contributed by atoms with Crippen molar-refractivity contribution in [1.29, 1.82) is 0 Å². The molecule has 1 fully saturated rings. The number of benzene rings is 1. The molecule has 2 rings (SSSR count). The van der Waals surface area contributed by atoms with Gasteiger partial charge in [0.2, 0.25) is 0 Å². The van der Waals surface area contributed by atoms with Gasteiger partial charge in [-0.05, 0) is 48.9 Å². The fraction of sp³-hybridized carbons (Fsp3) is 0.611. The predicted molar refractivity (Wildman–Crippen MR) is 85.7 cm³/mol. The van der Waals surface area contributed by atoms with Crippen LogP contribution in [0.4, 0.5) is 0 Å². The third-order valence-corrected chi connectivity index (χ3v) is 4.36. The number of carbonyl (C=O) groups is 1. The fourth-order valence-corrected chi connectivity index (χ4v) is 3.05. The monoisotopic (exact) mass is 289 g/mol. The van der Waals surface area contributed by atoms with Crippen LogP contribution in [0.25, 0.3) is 0 Å².